The molecule has 6 heteroatoms. The minimum Gasteiger partial charge on any atom is -0.493 e. The van der Waals surface area contributed by atoms with Crippen LogP contribution in [0, 0.1) is 0 Å². The minimum atomic E-state index is -0.502. The normalized spacial score (nSPS) is 11.9. The van der Waals surface area contributed by atoms with Gasteiger partial charge >= 0.3 is 0 Å². The van der Waals surface area contributed by atoms with Crippen molar-refractivity contribution in [3.05, 3.63) is 17.7 Å². The molecule has 0 unspecified atom stereocenters. The molecule has 1 rings (SSSR count). The first-order valence-corrected chi connectivity index (χ1v) is 7.46. The molecule has 0 bridgehead atoms. The van der Waals surface area contributed by atoms with Gasteiger partial charge in [0.05, 0.1) is 20.3 Å². The lowest BCUT2D eigenvalue weighted by Crippen LogP contribution is -2.39. The second-order valence-electron chi connectivity index (χ2n) is 4.50. The summed E-state index contributed by atoms with van der Waals surface area (Å²) in [5.41, 5.74) is 6.63. The van der Waals surface area contributed by atoms with Crippen molar-refractivity contribution < 1.29 is 14.3 Å². The van der Waals surface area contributed by atoms with Gasteiger partial charge in [-0.3, -0.25) is 4.79 Å². The fourth-order valence-corrected chi connectivity index (χ4v) is 2.51. The number of hydrogen-bond acceptors (Lipinski definition) is 5. The molecule has 0 aliphatic heterocycles. The number of likely N-dealkylation sites (N-methyl/N-ethyl adjacent to an activating group) is 1. The smallest absolute Gasteiger partial charge is 0.239 e. The van der Waals surface area contributed by atoms with E-state index in [1.54, 1.807) is 44.9 Å². The number of thioether (sulfide) groups is 1. The van der Waals surface area contributed by atoms with E-state index < -0.39 is 6.04 Å². The third-order valence-electron chi connectivity index (χ3n) is 2.96. The summed E-state index contributed by atoms with van der Waals surface area (Å²) in [6.07, 6.45) is 1.98. The first-order chi connectivity index (χ1) is 9.44. The molecule has 1 aromatic rings. The zero-order chi connectivity index (χ0) is 15.3. The van der Waals surface area contributed by atoms with Crippen LogP contribution in [0.3, 0.4) is 0 Å². The zero-order valence-electron chi connectivity index (χ0n) is 12.6. The van der Waals surface area contributed by atoms with Crippen LogP contribution in [-0.4, -0.2) is 44.4 Å². The predicted octanol–water partition coefficient (Wildman–Crippen LogP) is 1.73. The van der Waals surface area contributed by atoms with Crippen molar-refractivity contribution in [1.29, 1.82) is 0 Å². The van der Waals surface area contributed by atoms with Gasteiger partial charge in [-0.05, 0) is 30.9 Å². The highest BCUT2D eigenvalue weighted by Crippen LogP contribution is 2.35. The largest absolute Gasteiger partial charge is 0.493 e. The Kier molecular flexibility index (Phi) is 6.16. The molecule has 20 heavy (non-hydrogen) atoms. The van der Waals surface area contributed by atoms with Gasteiger partial charge in [-0.2, -0.15) is 0 Å². The number of nitrogens with two attached hydrogens (primary N) is 1. The Morgan fingerprint density at radius 3 is 2.35 bits per heavy atom. The Bertz CT molecular complexity index is 478. The van der Waals surface area contributed by atoms with Crippen LogP contribution in [0.5, 0.6) is 11.5 Å². The van der Waals surface area contributed by atoms with Crippen molar-refractivity contribution in [2.45, 2.75) is 24.4 Å². The second kappa shape index (κ2) is 7.40. The van der Waals surface area contributed by atoms with Crippen LogP contribution < -0.4 is 15.2 Å². The number of amides is 1. The number of carbonyl (C=O) groups is 1. The Labute approximate surface area is 124 Å². The summed E-state index contributed by atoms with van der Waals surface area (Å²) in [5, 5.41) is 0. The van der Waals surface area contributed by atoms with Gasteiger partial charge in [0.2, 0.25) is 5.91 Å². The summed E-state index contributed by atoms with van der Waals surface area (Å²) in [6, 6.07) is 3.32. The van der Waals surface area contributed by atoms with E-state index >= 15 is 0 Å². The summed E-state index contributed by atoms with van der Waals surface area (Å²) in [6.45, 7) is 2.17. The topological polar surface area (TPSA) is 64.8 Å². The lowest BCUT2D eigenvalue weighted by atomic mass is 10.1. The number of hydrogen-bond donors (Lipinski definition) is 1. The standard InChI is InChI=1S/C14H22N2O3S/c1-9(15)14(17)16(2)8-10-6-11(18-3)12(19-4)7-13(10)20-5/h6-7,9H,8,15H2,1-5H3/t9-/m0/s1. The zero-order valence-corrected chi connectivity index (χ0v) is 13.4. The molecule has 0 fully saturated rings. The fourth-order valence-electron chi connectivity index (χ4n) is 1.90. The number of rotatable bonds is 6. The van der Waals surface area contributed by atoms with E-state index in [1.807, 2.05) is 18.4 Å². The van der Waals surface area contributed by atoms with E-state index in [0.29, 0.717) is 18.0 Å². The molecule has 0 saturated heterocycles. The Morgan fingerprint density at radius 2 is 1.90 bits per heavy atom. The van der Waals surface area contributed by atoms with Crippen LogP contribution in [0.4, 0.5) is 0 Å². The SMILES string of the molecule is COc1cc(CN(C)C(=O)[C@H](C)N)c(SC)cc1OC. The van der Waals surface area contributed by atoms with Crippen LogP contribution in [0.1, 0.15) is 12.5 Å². The summed E-state index contributed by atoms with van der Waals surface area (Å²) in [7, 11) is 4.94. The van der Waals surface area contributed by atoms with Crippen molar-refractivity contribution >= 4 is 17.7 Å². The van der Waals surface area contributed by atoms with Gasteiger partial charge in [0.15, 0.2) is 11.5 Å². The summed E-state index contributed by atoms with van der Waals surface area (Å²) in [5.74, 6) is 1.25. The lowest BCUT2D eigenvalue weighted by Gasteiger charge is -2.21. The van der Waals surface area contributed by atoms with Crippen molar-refractivity contribution in [2.24, 2.45) is 5.73 Å². The van der Waals surface area contributed by atoms with Gasteiger partial charge in [-0.15, -0.1) is 11.8 Å². The van der Waals surface area contributed by atoms with E-state index in [9.17, 15) is 4.79 Å². The van der Waals surface area contributed by atoms with Crippen LogP contribution in [0.2, 0.25) is 0 Å². The molecule has 0 spiro atoms. The highest BCUT2D eigenvalue weighted by molar-refractivity contribution is 7.98. The Balaban J connectivity index is 3.07. The van der Waals surface area contributed by atoms with Gasteiger partial charge in [-0.1, -0.05) is 0 Å². The van der Waals surface area contributed by atoms with Crippen molar-refractivity contribution in [1.82, 2.24) is 4.90 Å². The van der Waals surface area contributed by atoms with Crippen molar-refractivity contribution in [3.63, 3.8) is 0 Å². The molecule has 2 N–H and O–H groups in total. The maximum Gasteiger partial charge on any atom is 0.239 e. The molecule has 1 aromatic carbocycles. The van der Waals surface area contributed by atoms with E-state index in [2.05, 4.69) is 0 Å². The third-order valence-corrected chi connectivity index (χ3v) is 3.78. The van der Waals surface area contributed by atoms with Crippen LogP contribution >= 0.6 is 11.8 Å². The highest BCUT2D eigenvalue weighted by Gasteiger charge is 2.17. The van der Waals surface area contributed by atoms with E-state index in [4.69, 9.17) is 15.2 Å². The maximum atomic E-state index is 11.9. The lowest BCUT2D eigenvalue weighted by molar-refractivity contribution is -0.131. The molecule has 112 valence electrons. The number of carbonyl (C=O) groups excluding carboxylic acids is 1. The fraction of sp³-hybridized carbons (Fsp3) is 0.500. The molecule has 0 saturated carbocycles. The summed E-state index contributed by atoms with van der Waals surface area (Å²) in [4.78, 5) is 14.5. The van der Waals surface area contributed by atoms with Gasteiger partial charge in [0, 0.05) is 18.5 Å². The van der Waals surface area contributed by atoms with Gasteiger partial charge in [0.1, 0.15) is 0 Å². The maximum absolute atomic E-state index is 11.9. The molecule has 1 amide bonds. The second-order valence-corrected chi connectivity index (χ2v) is 5.35. The highest BCUT2D eigenvalue weighted by atomic mass is 32.2. The van der Waals surface area contributed by atoms with E-state index in [0.717, 1.165) is 10.5 Å². The third kappa shape index (κ3) is 3.80. The molecule has 5 nitrogen and oxygen atoms in total. The quantitative estimate of drug-likeness (QED) is 0.810. The van der Waals surface area contributed by atoms with Gasteiger partial charge in [-0.25, -0.2) is 0 Å². The van der Waals surface area contributed by atoms with E-state index in [1.165, 1.54) is 0 Å². The first kappa shape index (κ1) is 16.7. The Hall–Kier alpha value is -1.40. The number of benzene rings is 1. The molecule has 0 heterocycles. The van der Waals surface area contributed by atoms with Crippen molar-refractivity contribution in [3.8, 4) is 11.5 Å². The van der Waals surface area contributed by atoms with Gasteiger partial charge in [0.25, 0.3) is 0 Å². The Morgan fingerprint density at radius 1 is 1.35 bits per heavy atom. The van der Waals surface area contributed by atoms with Gasteiger partial charge < -0.3 is 20.1 Å². The van der Waals surface area contributed by atoms with Crippen LogP contribution in [-0.2, 0) is 11.3 Å². The summed E-state index contributed by atoms with van der Waals surface area (Å²) >= 11 is 1.60. The molecule has 0 radical (unpaired) electrons. The average Bonchev–Trinajstić information content (AvgIpc) is 2.45. The molecular formula is C14H22N2O3S. The first-order valence-electron chi connectivity index (χ1n) is 6.24. The minimum absolute atomic E-state index is 0.0909. The molecular weight excluding hydrogens is 276 g/mol. The monoisotopic (exact) mass is 298 g/mol. The van der Waals surface area contributed by atoms with Crippen LogP contribution in [0.25, 0.3) is 0 Å². The number of ether oxygens (including phenoxy) is 2. The molecule has 0 aliphatic carbocycles. The number of methoxy groups -OCH3 is 2. The molecule has 0 aliphatic rings. The molecule has 0 aromatic heterocycles. The van der Waals surface area contributed by atoms with Crippen molar-refractivity contribution in [2.75, 3.05) is 27.5 Å². The van der Waals surface area contributed by atoms with E-state index in [-0.39, 0.29) is 5.91 Å². The summed E-state index contributed by atoms with van der Waals surface area (Å²) < 4.78 is 10.6. The average molecular weight is 298 g/mol. The number of nitrogens with zero attached hydrogens (tertiary/aromatic N) is 1. The van der Waals surface area contributed by atoms with Crippen LogP contribution in [0.15, 0.2) is 17.0 Å². The molecule has 1 atom stereocenters. The predicted molar refractivity (Wildman–Crippen MR) is 81.5 cm³/mol.